The SMILES string of the molecule is CCOc1ccc([C@@H](COC)NC(=O)c2ccccn2)cc1. The van der Waals surface area contributed by atoms with E-state index in [9.17, 15) is 4.79 Å². The number of benzene rings is 1. The average molecular weight is 300 g/mol. The number of methoxy groups -OCH3 is 1. The Labute approximate surface area is 130 Å². The molecule has 116 valence electrons. The second-order valence-corrected chi connectivity index (χ2v) is 4.70. The predicted molar refractivity (Wildman–Crippen MR) is 83.9 cm³/mol. The van der Waals surface area contributed by atoms with Crippen molar-refractivity contribution in [3.63, 3.8) is 0 Å². The quantitative estimate of drug-likeness (QED) is 0.854. The molecular formula is C17H20N2O3. The number of hydrogen-bond acceptors (Lipinski definition) is 4. The lowest BCUT2D eigenvalue weighted by Gasteiger charge is -2.18. The first-order valence-corrected chi connectivity index (χ1v) is 7.18. The monoisotopic (exact) mass is 300 g/mol. The van der Waals surface area contributed by atoms with E-state index in [-0.39, 0.29) is 11.9 Å². The van der Waals surface area contributed by atoms with Gasteiger partial charge in [0, 0.05) is 13.3 Å². The summed E-state index contributed by atoms with van der Waals surface area (Å²) in [5, 5.41) is 2.93. The number of rotatable bonds is 7. The zero-order chi connectivity index (χ0) is 15.8. The van der Waals surface area contributed by atoms with Crippen molar-refractivity contribution in [1.29, 1.82) is 0 Å². The number of carbonyl (C=O) groups is 1. The molecule has 5 nitrogen and oxygen atoms in total. The minimum atomic E-state index is -0.241. The van der Waals surface area contributed by atoms with Gasteiger partial charge in [0.1, 0.15) is 11.4 Å². The summed E-state index contributed by atoms with van der Waals surface area (Å²) in [5.74, 6) is 0.579. The third-order valence-electron chi connectivity index (χ3n) is 3.13. The maximum Gasteiger partial charge on any atom is 0.270 e. The van der Waals surface area contributed by atoms with Crippen LogP contribution in [-0.2, 0) is 4.74 Å². The molecule has 1 heterocycles. The molecule has 0 saturated carbocycles. The molecule has 0 aliphatic rings. The van der Waals surface area contributed by atoms with Crippen LogP contribution in [0.3, 0.4) is 0 Å². The number of carbonyl (C=O) groups excluding carboxylic acids is 1. The van der Waals surface area contributed by atoms with Crippen LogP contribution in [0.2, 0.25) is 0 Å². The van der Waals surface area contributed by atoms with Crippen molar-refractivity contribution in [2.75, 3.05) is 20.3 Å². The largest absolute Gasteiger partial charge is 0.494 e. The molecule has 1 aromatic heterocycles. The summed E-state index contributed by atoms with van der Waals surface area (Å²) in [5.41, 5.74) is 1.34. The molecule has 2 aromatic rings. The van der Waals surface area contributed by atoms with Crippen LogP contribution in [-0.4, -0.2) is 31.2 Å². The summed E-state index contributed by atoms with van der Waals surface area (Å²) in [7, 11) is 1.61. The second kappa shape index (κ2) is 8.14. The third-order valence-corrected chi connectivity index (χ3v) is 3.13. The van der Waals surface area contributed by atoms with Crippen molar-refractivity contribution in [1.82, 2.24) is 10.3 Å². The molecule has 22 heavy (non-hydrogen) atoms. The van der Waals surface area contributed by atoms with Gasteiger partial charge in [0.05, 0.1) is 19.3 Å². The van der Waals surface area contributed by atoms with Crippen molar-refractivity contribution in [2.24, 2.45) is 0 Å². The van der Waals surface area contributed by atoms with E-state index in [0.717, 1.165) is 11.3 Å². The molecule has 0 saturated heterocycles. The molecule has 1 aromatic carbocycles. The lowest BCUT2D eigenvalue weighted by atomic mass is 10.1. The molecule has 2 rings (SSSR count). The Morgan fingerprint density at radius 3 is 2.59 bits per heavy atom. The first kappa shape index (κ1) is 16.0. The second-order valence-electron chi connectivity index (χ2n) is 4.70. The normalized spacial score (nSPS) is 11.7. The maximum absolute atomic E-state index is 12.2. The molecule has 0 bridgehead atoms. The first-order valence-electron chi connectivity index (χ1n) is 7.18. The zero-order valence-corrected chi connectivity index (χ0v) is 12.8. The minimum Gasteiger partial charge on any atom is -0.494 e. The predicted octanol–water partition coefficient (Wildman–Crippen LogP) is 2.60. The molecule has 0 aliphatic heterocycles. The highest BCUT2D eigenvalue weighted by atomic mass is 16.5. The highest BCUT2D eigenvalue weighted by Gasteiger charge is 2.16. The number of amides is 1. The molecule has 1 N–H and O–H groups in total. The fraction of sp³-hybridized carbons (Fsp3) is 0.294. The van der Waals surface area contributed by atoms with E-state index in [1.165, 1.54) is 0 Å². The van der Waals surface area contributed by atoms with Crippen LogP contribution >= 0.6 is 0 Å². The summed E-state index contributed by atoms with van der Waals surface area (Å²) >= 11 is 0. The van der Waals surface area contributed by atoms with Crippen molar-refractivity contribution in [3.8, 4) is 5.75 Å². The summed E-state index contributed by atoms with van der Waals surface area (Å²) in [4.78, 5) is 16.3. The molecule has 0 aliphatic carbocycles. The maximum atomic E-state index is 12.2. The number of ether oxygens (including phenoxy) is 2. The van der Waals surface area contributed by atoms with Crippen LogP contribution in [0.25, 0.3) is 0 Å². The van der Waals surface area contributed by atoms with E-state index >= 15 is 0 Å². The fourth-order valence-electron chi connectivity index (χ4n) is 2.08. The van der Waals surface area contributed by atoms with E-state index in [1.807, 2.05) is 31.2 Å². The Morgan fingerprint density at radius 2 is 2.00 bits per heavy atom. The van der Waals surface area contributed by atoms with Crippen molar-refractivity contribution in [3.05, 3.63) is 59.9 Å². The van der Waals surface area contributed by atoms with Gasteiger partial charge in [-0.3, -0.25) is 9.78 Å². The van der Waals surface area contributed by atoms with E-state index in [4.69, 9.17) is 9.47 Å². The van der Waals surface area contributed by atoms with Crippen LogP contribution in [0.1, 0.15) is 29.0 Å². The van der Waals surface area contributed by atoms with Gasteiger partial charge < -0.3 is 14.8 Å². The Balaban J connectivity index is 2.10. The van der Waals surface area contributed by atoms with Gasteiger partial charge in [-0.05, 0) is 36.8 Å². The molecule has 5 heteroatoms. The van der Waals surface area contributed by atoms with Gasteiger partial charge in [0.15, 0.2) is 0 Å². The molecular weight excluding hydrogens is 280 g/mol. The van der Waals surface area contributed by atoms with Crippen LogP contribution in [0.5, 0.6) is 5.75 Å². The van der Waals surface area contributed by atoms with E-state index < -0.39 is 0 Å². The molecule has 1 atom stereocenters. The summed E-state index contributed by atoms with van der Waals surface area (Å²) in [6.07, 6.45) is 1.59. The van der Waals surface area contributed by atoms with Gasteiger partial charge in [0.2, 0.25) is 0 Å². The highest BCUT2D eigenvalue weighted by Crippen LogP contribution is 2.18. The molecule has 0 spiro atoms. The van der Waals surface area contributed by atoms with Crippen LogP contribution in [0.4, 0.5) is 0 Å². The number of nitrogens with zero attached hydrogens (tertiary/aromatic N) is 1. The molecule has 0 fully saturated rings. The van der Waals surface area contributed by atoms with Crippen LogP contribution in [0.15, 0.2) is 48.7 Å². The number of pyridine rings is 1. The summed E-state index contributed by atoms with van der Waals surface area (Å²) in [6, 6.07) is 12.6. The minimum absolute atomic E-state index is 0.225. The number of nitrogens with one attached hydrogen (secondary N) is 1. The van der Waals surface area contributed by atoms with Gasteiger partial charge in [0.25, 0.3) is 5.91 Å². The lowest BCUT2D eigenvalue weighted by Crippen LogP contribution is -2.31. The fourth-order valence-corrected chi connectivity index (χ4v) is 2.08. The Bertz CT molecular complexity index is 585. The Morgan fingerprint density at radius 1 is 1.23 bits per heavy atom. The summed E-state index contributed by atoms with van der Waals surface area (Å²) < 4.78 is 10.6. The first-order chi connectivity index (χ1) is 10.7. The third kappa shape index (κ3) is 4.30. The molecule has 0 unspecified atom stereocenters. The van der Waals surface area contributed by atoms with Crippen molar-refractivity contribution < 1.29 is 14.3 Å². The topological polar surface area (TPSA) is 60.5 Å². The van der Waals surface area contributed by atoms with E-state index in [1.54, 1.807) is 31.5 Å². The van der Waals surface area contributed by atoms with Gasteiger partial charge in [-0.15, -0.1) is 0 Å². The molecule has 0 radical (unpaired) electrons. The van der Waals surface area contributed by atoms with Gasteiger partial charge in [-0.25, -0.2) is 0 Å². The van der Waals surface area contributed by atoms with E-state index in [2.05, 4.69) is 10.3 Å². The summed E-state index contributed by atoms with van der Waals surface area (Å²) in [6.45, 7) is 2.94. The number of hydrogen-bond donors (Lipinski definition) is 1. The Hall–Kier alpha value is -2.40. The standard InChI is InChI=1S/C17H20N2O3/c1-3-22-14-9-7-13(8-10-14)16(12-21-2)19-17(20)15-6-4-5-11-18-15/h4-11,16H,3,12H2,1-2H3,(H,19,20)/t16-/m1/s1. The number of aromatic nitrogens is 1. The molecule has 1 amide bonds. The van der Waals surface area contributed by atoms with Gasteiger partial charge in [-0.1, -0.05) is 18.2 Å². The van der Waals surface area contributed by atoms with Crippen LogP contribution < -0.4 is 10.1 Å². The van der Waals surface area contributed by atoms with Crippen LogP contribution in [0, 0.1) is 0 Å². The lowest BCUT2D eigenvalue weighted by molar-refractivity contribution is 0.0891. The van der Waals surface area contributed by atoms with Crippen molar-refractivity contribution in [2.45, 2.75) is 13.0 Å². The van der Waals surface area contributed by atoms with Gasteiger partial charge in [-0.2, -0.15) is 0 Å². The Kier molecular flexibility index (Phi) is 5.91. The smallest absolute Gasteiger partial charge is 0.270 e. The average Bonchev–Trinajstić information content (AvgIpc) is 2.56. The van der Waals surface area contributed by atoms with E-state index in [0.29, 0.717) is 18.9 Å². The highest BCUT2D eigenvalue weighted by molar-refractivity contribution is 5.92. The van der Waals surface area contributed by atoms with Gasteiger partial charge >= 0.3 is 0 Å². The zero-order valence-electron chi connectivity index (χ0n) is 12.8. The van der Waals surface area contributed by atoms with Crippen molar-refractivity contribution >= 4 is 5.91 Å².